The monoisotopic (exact) mass is 395 g/mol. The first-order valence-corrected chi connectivity index (χ1v) is 10.2. The van der Waals surface area contributed by atoms with Gasteiger partial charge < -0.3 is 4.74 Å². The van der Waals surface area contributed by atoms with Gasteiger partial charge >= 0.3 is 6.09 Å². The number of fused-ring (bicyclic) bond motifs is 1. The molecule has 1 fully saturated rings. The maximum absolute atomic E-state index is 12.9. The Morgan fingerprint density at radius 1 is 1.11 bits per heavy atom. The van der Waals surface area contributed by atoms with Crippen molar-refractivity contribution in [3.05, 3.63) is 65.0 Å². The Hall–Kier alpha value is -2.80. The van der Waals surface area contributed by atoms with Gasteiger partial charge in [0.15, 0.2) is 5.16 Å². The van der Waals surface area contributed by atoms with Crippen LogP contribution in [0.2, 0.25) is 0 Å². The summed E-state index contributed by atoms with van der Waals surface area (Å²) in [6.45, 7) is 4.42. The standard InChI is InChI=1S/C21H21N3O3S/c1-14(2)24-19(25)17-10-6-7-11-18(17)22-20(24)28-13-16-12-23(21(26)27-16)15-8-4-3-5-9-15/h3-11,14,16H,12-13H2,1-2H3/t16-/m0/s1. The third kappa shape index (κ3) is 3.49. The van der Waals surface area contributed by atoms with Gasteiger partial charge in [-0.1, -0.05) is 42.1 Å². The smallest absolute Gasteiger partial charge is 0.414 e. The lowest BCUT2D eigenvalue weighted by Crippen LogP contribution is -2.26. The molecule has 2 aromatic carbocycles. The van der Waals surface area contributed by atoms with Crippen LogP contribution >= 0.6 is 11.8 Å². The zero-order valence-corrected chi connectivity index (χ0v) is 16.6. The van der Waals surface area contributed by atoms with E-state index in [0.29, 0.717) is 28.4 Å². The van der Waals surface area contributed by atoms with Gasteiger partial charge in [0, 0.05) is 17.5 Å². The predicted molar refractivity (Wildman–Crippen MR) is 111 cm³/mol. The van der Waals surface area contributed by atoms with Crippen LogP contribution in [0.25, 0.3) is 10.9 Å². The number of amides is 1. The zero-order chi connectivity index (χ0) is 19.7. The number of cyclic esters (lactones) is 1. The SMILES string of the molecule is CC(C)n1c(SC[C@@H]2CN(c3ccccc3)C(=O)O2)nc2ccccc2c1=O. The topological polar surface area (TPSA) is 64.4 Å². The molecule has 0 aliphatic carbocycles. The molecule has 6 nitrogen and oxygen atoms in total. The average Bonchev–Trinajstić information content (AvgIpc) is 3.07. The van der Waals surface area contributed by atoms with Crippen molar-refractivity contribution in [3.8, 4) is 0 Å². The normalized spacial score (nSPS) is 16.8. The molecule has 2 heterocycles. The quantitative estimate of drug-likeness (QED) is 0.481. The Morgan fingerprint density at radius 2 is 1.82 bits per heavy atom. The molecule has 0 saturated carbocycles. The number of carbonyl (C=O) groups excluding carboxylic acids is 1. The first-order valence-electron chi connectivity index (χ1n) is 9.22. The molecule has 1 aromatic heterocycles. The van der Waals surface area contributed by atoms with E-state index in [9.17, 15) is 9.59 Å². The number of ether oxygens (including phenoxy) is 1. The first kappa shape index (κ1) is 18.6. The van der Waals surface area contributed by atoms with Gasteiger partial charge in [0.05, 0.1) is 17.4 Å². The molecule has 3 aromatic rings. The minimum atomic E-state index is -0.343. The summed E-state index contributed by atoms with van der Waals surface area (Å²) >= 11 is 1.45. The number of hydrogen-bond donors (Lipinski definition) is 0. The van der Waals surface area contributed by atoms with E-state index >= 15 is 0 Å². The molecule has 0 bridgehead atoms. The number of benzene rings is 2. The molecule has 28 heavy (non-hydrogen) atoms. The molecular formula is C21H21N3O3S. The van der Waals surface area contributed by atoms with E-state index in [4.69, 9.17) is 4.74 Å². The Bertz CT molecular complexity index is 1070. The predicted octanol–water partition coefficient (Wildman–Crippen LogP) is 4.09. The number of para-hydroxylation sites is 2. The van der Waals surface area contributed by atoms with Crippen LogP contribution < -0.4 is 10.5 Å². The molecule has 1 aliphatic heterocycles. The van der Waals surface area contributed by atoms with Crippen molar-refractivity contribution in [2.45, 2.75) is 31.1 Å². The summed E-state index contributed by atoms with van der Waals surface area (Å²) in [6, 6.07) is 16.8. The Labute approximate surface area is 167 Å². The van der Waals surface area contributed by atoms with E-state index in [2.05, 4.69) is 4.98 Å². The van der Waals surface area contributed by atoms with Gasteiger partial charge in [-0.05, 0) is 38.1 Å². The summed E-state index contributed by atoms with van der Waals surface area (Å²) in [5.41, 5.74) is 1.46. The lowest BCUT2D eigenvalue weighted by atomic mass is 10.2. The third-order valence-electron chi connectivity index (χ3n) is 4.63. The lowest BCUT2D eigenvalue weighted by molar-refractivity contribution is 0.151. The maximum atomic E-state index is 12.9. The van der Waals surface area contributed by atoms with Crippen molar-refractivity contribution >= 4 is 34.4 Å². The fraction of sp³-hybridized carbons (Fsp3) is 0.286. The molecule has 1 atom stereocenters. The van der Waals surface area contributed by atoms with Crippen LogP contribution in [0.5, 0.6) is 0 Å². The van der Waals surface area contributed by atoms with Crippen molar-refractivity contribution in [1.82, 2.24) is 9.55 Å². The summed E-state index contributed by atoms with van der Waals surface area (Å²) in [7, 11) is 0. The molecule has 0 spiro atoms. The van der Waals surface area contributed by atoms with Gasteiger partial charge in [0.25, 0.3) is 5.56 Å². The van der Waals surface area contributed by atoms with Crippen molar-refractivity contribution in [2.24, 2.45) is 0 Å². The average molecular weight is 395 g/mol. The van der Waals surface area contributed by atoms with Gasteiger partial charge in [0.2, 0.25) is 0 Å². The number of aromatic nitrogens is 2. The Kier molecular flexibility index (Phi) is 5.09. The zero-order valence-electron chi connectivity index (χ0n) is 15.7. The third-order valence-corrected chi connectivity index (χ3v) is 5.72. The molecule has 0 N–H and O–H groups in total. The van der Waals surface area contributed by atoms with E-state index in [-0.39, 0.29) is 23.8 Å². The molecule has 1 aliphatic rings. The Balaban J connectivity index is 1.55. The van der Waals surface area contributed by atoms with Crippen molar-refractivity contribution < 1.29 is 9.53 Å². The van der Waals surface area contributed by atoms with Gasteiger partial charge in [-0.2, -0.15) is 0 Å². The maximum Gasteiger partial charge on any atom is 0.414 e. The van der Waals surface area contributed by atoms with Crippen LogP contribution in [0.4, 0.5) is 10.5 Å². The van der Waals surface area contributed by atoms with Crippen LogP contribution in [0.3, 0.4) is 0 Å². The summed E-state index contributed by atoms with van der Waals surface area (Å²) in [4.78, 5) is 31.4. The summed E-state index contributed by atoms with van der Waals surface area (Å²) < 4.78 is 7.23. The summed E-state index contributed by atoms with van der Waals surface area (Å²) in [5, 5.41) is 1.26. The summed E-state index contributed by atoms with van der Waals surface area (Å²) in [6.07, 6.45) is -0.605. The van der Waals surface area contributed by atoms with Crippen LogP contribution in [-0.2, 0) is 4.74 Å². The second-order valence-corrected chi connectivity index (χ2v) is 7.93. The Morgan fingerprint density at radius 3 is 2.57 bits per heavy atom. The van der Waals surface area contributed by atoms with E-state index in [1.807, 2.05) is 62.4 Å². The molecule has 7 heteroatoms. The summed E-state index contributed by atoms with van der Waals surface area (Å²) in [5.74, 6) is 0.534. The van der Waals surface area contributed by atoms with Crippen molar-refractivity contribution in [3.63, 3.8) is 0 Å². The number of rotatable bonds is 5. The second kappa shape index (κ2) is 7.67. The van der Waals surface area contributed by atoms with Gasteiger partial charge in [-0.15, -0.1) is 0 Å². The molecular weight excluding hydrogens is 374 g/mol. The fourth-order valence-electron chi connectivity index (χ4n) is 3.28. The number of carbonyl (C=O) groups is 1. The number of nitrogens with zero attached hydrogens (tertiary/aromatic N) is 3. The minimum absolute atomic E-state index is 0.0148. The highest BCUT2D eigenvalue weighted by Crippen LogP contribution is 2.26. The van der Waals surface area contributed by atoms with Crippen LogP contribution in [0.15, 0.2) is 64.5 Å². The highest BCUT2D eigenvalue weighted by molar-refractivity contribution is 7.99. The van der Waals surface area contributed by atoms with Crippen molar-refractivity contribution in [2.75, 3.05) is 17.2 Å². The van der Waals surface area contributed by atoms with Crippen LogP contribution in [0.1, 0.15) is 19.9 Å². The minimum Gasteiger partial charge on any atom is -0.443 e. The van der Waals surface area contributed by atoms with E-state index in [1.54, 1.807) is 15.5 Å². The van der Waals surface area contributed by atoms with Gasteiger partial charge in [-0.3, -0.25) is 14.3 Å². The molecule has 1 saturated heterocycles. The van der Waals surface area contributed by atoms with E-state index < -0.39 is 0 Å². The number of hydrogen-bond acceptors (Lipinski definition) is 5. The highest BCUT2D eigenvalue weighted by atomic mass is 32.2. The number of thioether (sulfide) groups is 1. The van der Waals surface area contributed by atoms with Gasteiger partial charge in [0.1, 0.15) is 6.10 Å². The van der Waals surface area contributed by atoms with E-state index in [1.165, 1.54) is 11.8 Å². The van der Waals surface area contributed by atoms with Crippen LogP contribution in [0, 0.1) is 0 Å². The largest absolute Gasteiger partial charge is 0.443 e. The molecule has 0 radical (unpaired) electrons. The highest BCUT2D eigenvalue weighted by Gasteiger charge is 2.32. The number of anilines is 1. The van der Waals surface area contributed by atoms with Gasteiger partial charge in [-0.25, -0.2) is 9.78 Å². The van der Waals surface area contributed by atoms with E-state index in [0.717, 1.165) is 5.69 Å². The second-order valence-electron chi connectivity index (χ2n) is 6.94. The molecule has 1 amide bonds. The van der Waals surface area contributed by atoms with Crippen LogP contribution in [-0.4, -0.2) is 34.0 Å². The molecule has 144 valence electrons. The first-order chi connectivity index (χ1) is 13.5. The molecule has 0 unspecified atom stereocenters. The van der Waals surface area contributed by atoms with Crippen molar-refractivity contribution in [1.29, 1.82) is 0 Å². The fourth-order valence-corrected chi connectivity index (χ4v) is 4.38. The lowest BCUT2D eigenvalue weighted by Gasteiger charge is -2.17. The molecule has 4 rings (SSSR count).